The molecule has 0 saturated heterocycles. The van der Waals surface area contributed by atoms with Crippen LogP contribution in [0.4, 0.5) is 5.69 Å². The summed E-state index contributed by atoms with van der Waals surface area (Å²) in [4.78, 5) is 10.7. The summed E-state index contributed by atoms with van der Waals surface area (Å²) in [5.41, 5.74) is 5.94. The van der Waals surface area contributed by atoms with Gasteiger partial charge in [0, 0.05) is 0 Å². The maximum atomic E-state index is 10.7. The van der Waals surface area contributed by atoms with Crippen molar-refractivity contribution < 1.29 is 13.9 Å². The third-order valence-corrected chi connectivity index (χ3v) is 3.31. The van der Waals surface area contributed by atoms with Crippen LogP contribution in [0.5, 0.6) is 5.75 Å². The van der Waals surface area contributed by atoms with E-state index in [4.69, 9.17) is 14.9 Å². The Balaban J connectivity index is 2.03. The fourth-order valence-electron chi connectivity index (χ4n) is 1.84. The van der Waals surface area contributed by atoms with Gasteiger partial charge in [0.2, 0.25) is 5.91 Å². The Morgan fingerprint density at radius 3 is 2.81 bits per heavy atom. The zero-order chi connectivity index (χ0) is 15.2. The number of hydrogen-bond acceptors (Lipinski definition) is 4. The molecule has 0 spiro atoms. The van der Waals surface area contributed by atoms with E-state index in [-0.39, 0.29) is 25.0 Å². The van der Waals surface area contributed by atoms with E-state index < -0.39 is 0 Å². The summed E-state index contributed by atoms with van der Waals surface area (Å²) in [5, 5.41) is 3.32. The lowest BCUT2D eigenvalue weighted by Crippen LogP contribution is -2.15. The lowest BCUT2D eigenvalue weighted by atomic mass is 10.2. The van der Waals surface area contributed by atoms with Gasteiger partial charge < -0.3 is 20.2 Å². The average Bonchev–Trinajstić information content (AvgIpc) is 2.87. The molecule has 0 fully saturated rings. The minimum absolute atomic E-state index is 0.0165. The molecule has 6 heteroatoms. The maximum absolute atomic E-state index is 10.7. The number of para-hydroxylation sites is 2. The zero-order valence-corrected chi connectivity index (χ0v) is 13.2. The summed E-state index contributed by atoms with van der Waals surface area (Å²) < 4.78 is 11.8. The monoisotopic (exact) mass is 352 g/mol. The molecule has 1 unspecified atom stereocenters. The van der Waals surface area contributed by atoms with Crippen LogP contribution < -0.4 is 15.8 Å². The van der Waals surface area contributed by atoms with Crippen molar-refractivity contribution in [1.29, 1.82) is 0 Å². The van der Waals surface area contributed by atoms with E-state index in [1.54, 1.807) is 0 Å². The summed E-state index contributed by atoms with van der Waals surface area (Å²) in [5.74, 6) is 1.11. The highest BCUT2D eigenvalue weighted by atomic mass is 79.9. The second kappa shape index (κ2) is 7.17. The number of carbonyl (C=O) groups is 1. The van der Waals surface area contributed by atoms with Gasteiger partial charge in [-0.05, 0) is 47.1 Å². The Morgan fingerprint density at radius 1 is 1.38 bits per heavy atom. The Labute approximate surface area is 131 Å². The van der Waals surface area contributed by atoms with E-state index in [1.807, 2.05) is 43.3 Å². The molecule has 0 aliphatic heterocycles. The first-order valence-corrected chi connectivity index (χ1v) is 7.37. The van der Waals surface area contributed by atoms with Crippen molar-refractivity contribution in [3.05, 3.63) is 46.8 Å². The van der Waals surface area contributed by atoms with E-state index in [1.165, 1.54) is 0 Å². The van der Waals surface area contributed by atoms with E-state index in [0.717, 1.165) is 11.4 Å². The lowest BCUT2D eigenvalue weighted by Gasteiger charge is -2.16. The van der Waals surface area contributed by atoms with Gasteiger partial charge in [-0.2, -0.15) is 0 Å². The fourth-order valence-corrected chi connectivity index (χ4v) is 2.16. The number of carbonyl (C=O) groups excluding carboxylic acids is 1. The minimum atomic E-state index is -0.380. The summed E-state index contributed by atoms with van der Waals surface area (Å²) >= 11 is 3.29. The topological polar surface area (TPSA) is 77.5 Å². The van der Waals surface area contributed by atoms with Gasteiger partial charge >= 0.3 is 0 Å². The van der Waals surface area contributed by atoms with Crippen LogP contribution in [0.3, 0.4) is 0 Å². The van der Waals surface area contributed by atoms with Gasteiger partial charge in [-0.15, -0.1) is 0 Å². The second-order valence-electron chi connectivity index (χ2n) is 4.57. The lowest BCUT2D eigenvalue weighted by molar-refractivity contribution is -0.118. The molecular weight excluding hydrogens is 336 g/mol. The van der Waals surface area contributed by atoms with Crippen LogP contribution in [0.1, 0.15) is 25.1 Å². The molecular formula is C15H17BrN2O3. The average molecular weight is 353 g/mol. The molecule has 1 atom stereocenters. The molecule has 3 N–H and O–H groups in total. The Hall–Kier alpha value is -1.95. The number of halogens is 1. The normalized spacial score (nSPS) is 11.9. The third-order valence-electron chi connectivity index (χ3n) is 2.89. The molecule has 2 rings (SSSR count). The van der Waals surface area contributed by atoms with E-state index >= 15 is 0 Å². The van der Waals surface area contributed by atoms with Crippen molar-refractivity contribution in [3.63, 3.8) is 0 Å². The van der Waals surface area contributed by atoms with E-state index in [0.29, 0.717) is 10.4 Å². The molecule has 0 bridgehead atoms. The first-order chi connectivity index (χ1) is 10.1. The number of hydrogen-bond donors (Lipinski definition) is 2. The number of furan rings is 1. The quantitative estimate of drug-likeness (QED) is 0.799. The van der Waals surface area contributed by atoms with Gasteiger partial charge in [0.25, 0.3) is 0 Å². The molecule has 1 aromatic carbocycles. The first-order valence-electron chi connectivity index (χ1n) is 6.58. The molecule has 0 aliphatic carbocycles. The van der Waals surface area contributed by atoms with Crippen molar-refractivity contribution in [3.8, 4) is 5.75 Å². The summed E-state index contributed by atoms with van der Waals surface area (Å²) in [6.07, 6.45) is 0.190. The number of benzene rings is 1. The third kappa shape index (κ3) is 4.53. The summed E-state index contributed by atoms with van der Waals surface area (Å²) in [7, 11) is 0. The molecule has 1 amide bonds. The molecule has 1 heterocycles. The van der Waals surface area contributed by atoms with Crippen molar-refractivity contribution in [1.82, 2.24) is 0 Å². The molecule has 0 saturated carbocycles. The predicted molar refractivity (Wildman–Crippen MR) is 84.2 cm³/mol. The molecule has 0 radical (unpaired) electrons. The van der Waals surface area contributed by atoms with Crippen LogP contribution in [0.2, 0.25) is 0 Å². The Bertz CT molecular complexity index is 612. The summed E-state index contributed by atoms with van der Waals surface area (Å²) in [6.45, 7) is 2.25. The zero-order valence-electron chi connectivity index (χ0n) is 11.6. The first kappa shape index (κ1) is 15.4. The number of rotatable bonds is 7. The summed E-state index contributed by atoms with van der Waals surface area (Å²) in [6, 6.07) is 11.3. The largest absolute Gasteiger partial charge is 0.491 e. The van der Waals surface area contributed by atoms with E-state index in [2.05, 4.69) is 21.2 Å². The van der Waals surface area contributed by atoms with Gasteiger partial charge in [0.15, 0.2) is 4.67 Å². The molecule has 1 aromatic heterocycles. The number of anilines is 1. The van der Waals surface area contributed by atoms with Crippen LogP contribution in [0.25, 0.3) is 0 Å². The van der Waals surface area contributed by atoms with Gasteiger partial charge in [-0.1, -0.05) is 12.1 Å². The number of ether oxygens (including phenoxy) is 1. The van der Waals surface area contributed by atoms with Crippen LogP contribution in [-0.2, 0) is 4.79 Å². The van der Waals surface area contributed by atoms with Crippen LogP contribution in [0.15, 0.2) is 45.5 Å². The van der Waals surface area contributed by atoms with Crippen LogP contribution in [0, 0.1) is 0 Å². The predicted octanol–water partition coefficient (Wildman–Crippen LogP) is 3.47. The standard InChI is InChI=1S/C15H17BrN2O3/c1-10(12-6-7-14(16)21-12)18-11-4-2-3-5-13(11)20-9-8-15(17)19/h2-7,10,18H,8-9H2,1H3,(H2,17,19). The number of primary amides is 1. The minimum Gasteiger partial charge on any atom is -0.491 e. The fraction of sp³-hybridized carbons (Fsp3) is 0.267. The maximum Gasteiger partial charge on any atom is 0.220 e. The van der Waals surface area contributed by atoms with Crippen molar-refractivity contribution in [2.75, 3.05) is 11.9 Å². The Morgan fingerprint density at radius 2 is 2.14 bits per heavy atom. The highest BCUT2D eigenvalue weighted by molar-refractivity contribution is 9.10. The smallest absolute Gasteiger partial charge is 0.220 e. The number of amides is 1. The van der Waals surface area contributed by atoms with E-state index in [9.17, 15) is 4.79 Å². The highest BCUT2D eigenvalue weighted by Gasteiger charge is 2.12. The van der Waals surface area contributed by atoms with Crippen molar-refractivity contribution in [2.45, 2.75) is 19.4 Å². The second-order valence-corrected chi connectivity index (χ2v) is 5.35. The molecule has 112 valence electrons. The van der Waals surface area contributed by atoms with Gasteiger partial charge in [-0.3, -0.25) is 4.79 Å². The van der Waals surface area contributed by atoms with Crippen molar-refractivity contribution in [2.24, 2.45) is 5.73 Å². The van der Waals surface area contributed by atoms with Crippen LogP contribution >= 0.6 is 15.9 Å². The molecule has 2 aromatic rings. The molecule has 5 nitrogen and oxygen atoms in total. The Kier molecular flexibility index (Phi) is 5.27. The molecule has 21 heavy (non-hydrogen) atoms. The van der Waals surface area contributed by atoms with Crippen LogP contribution in [-0.4, -0.2) is 12.5 Å². The molecule has 0 aliphatic rings. The van der Waals surface area contributed by atoms with Crippen molar-refractivity contribution >= 4 is 27.5 Å². The van der Waals surface area contributed by atoms with Gasteiger partial charge in [0.05, 0.1) is 24.8 Å². The van der Waals surface area contributed by atoms with Gasteiger partial charge in [0.1, 0.15) is 11.5 Å². The van der Waals surface area contributed by atoms with Gasteiger partial charge in [-0.25, -0.2) is 0 Å². The number of nitrogens with two attached hydrogens (primary N) is 1. The SMILES string of the molecule is CC(Nc1ccccc1OCCC(N)=O)c1ccc(Br)o1. The number of nitrogens with one attached hydrogen (secondary N) is 1. The highest BCUT2D eigenvalue weighted by Crippen LogP contribution is 2.29.